The molecule has 0 aromatic heterocycles. The zero-order chi connectivity index (χ0) is 19.1. The van der Waals surface area contributed by atoms with Crippen molar-refractivity contribution in [3.63, 3.8) is 0 Å². The van der Waals surface area contributed by atoms with Gasteiger partial charge in [0.2, 0.25) is 5.75 Å². The van der Waals surface area contributed by atoms with Crippen molar-refractivity contribution in [1.29, 1.82) is 0 Å². The number of nitrogens with zero attached hydrogens (tertiary/aromatic N) is 2. The van der Waals surface area contributed by atoms with Gasteiger partial charge in [-0.15, -0.1) is 0 Å². The third kappa shape index (κ3) is 5.31. The molecule has 26 heavy (non-hydrogen) atoms. The number of aromatic hydroxyl groups is 1. The van der Waals surface area contributed by atoms with Crippen LogP contribution in [-0.2, 0) is 4.79 Å². The zero-order valence-electron chi connectivity index (χ0n) is 13.5. The Kier molecular flexibility index (Phi) is 6.72. The number of nitrogens with one attached hydrogen (secondary N) is 1. The minimum atomic E-state index is -0.747. The Bertz CT molecular complexity index is 839. The highest BCUT2D eigenvalue weighted by atomic mass is 127. The highest BCUT2D eigenvalue weighted by molar-refractivity contribution is 14.1. The molecule has 0 fully saturated rings. The summed E-state index contributed by atoms with van der Waals surface area (Å²) in [6, 6.07) is 9.62. The van der Waals surface area contributed by atoms with Crippen LogP contribution in [0, 0.1) is 13.7 Å². The molecule has 0 saturated heterocycles. The Hall–Kier alpha value is -2.89. The molecule has 136 valence electrons. The number of hydrogen-bond acceptors (Lipinski definition) is 7. The Balaban J connectivity index is 1.96. The largest absolute Gasteiger partial charge is 0.500 e. The van der Waals surface area contributed by atoms with Crippen LogP contribution in [0.15, 0.2) is 41.5 Å². The first-order chi connectivity index (χ1) is 12.4. The Morgan fingerprint density at radius 1 is 1.38 bits per heavy atom. The van der Waals surface area contributed by atoms with E-state index in [0.29, 0.717) is 5.75 Å². The molecular weight excluding hydrogens is 457 g/mol. The first-order valence-corrected chi connectivity index (χ1v) is 8.24. The number of nitro groups is 1. The van der Waals surface area contributed by atoms with Gasteiger partial charge in [0.05, 0.1) is 18.2 Å². The van der Waals surface area contributed by atoms with Crippen LogP contribution in [0.25, 0.3) is 0 Å². The predicted molar refractivity (Wildman–Crippen MR) is 102 cm³/mol. The molecule has 0 aliphatic heterocycles. The second kappa shape index (κ2) is 8.99. The van der Waals surface area contributed by atoms with Gasteiger partial charge in [-0.25, -0.2) is 5.43 Å². The lowest BCUT2D eigenvalue weighted by molar-refractivity contribution is -0.386. The second-order valence-electron chi connectivity index (χ2n) is 4.88. The molecule has 9 nitrogen and oxygen atoms in total. The lowest BCUT2D eigenvalue weighted by atomic mass is 10.2. The molecule has 1 amide bonds. The molecule has 10 heteroatoms. The molecule has 0 spiro atoms. The topological polar surface area (TPSA) is 123 Å². The smallest absolute Gasteiger partial charge is 0.315 e. The van der Waals surface area contributed by atoms with Gasteiger partial charge in [0.15, 0.2) is 12.4 Å². The fourth-order valence-electron chi connectivity index (χ4n) is 1.87. The molecule has 0 aliphatic carbocycles. The van der Waals surface area contributed by atoms with Crippen molar-refractivity contribution in [2.24, 2.45) is 5.10 Å². The maximum Gasteiger partial charge on any atom is 0.315 e. The van der Waals surface area contributed by atoms with Crippen LogP contribution in [-0.4, -0.2) is 35.9 Å². The van der Waals surface area contributed by atoms with Crippen LogP contribution in [0.3, 0.4) is 0 Å². The normalized spacial score (nSPS) is 10.5. The molecule has 2 N–H and O–H groups in total. The summed E-state index contributed by atoms with van der Waals surface area (Å²) >= 11 is 2.15. The van der Waals surface area contributed by atoms with Gasteiger partial charge in [-0.2, -0.15) is 5.10 Å². The lowest BCUT2D eigenvalue weighted by Gasteiger charge is -2.06. The number of phenolic OH excluding ortho intramolecular Hbond substituents is 1. The number of hydrogen-bond donors (Lipinski definition) is 2. The van der Waals surface area contributed by atoms with E-state index in [1.807, 2.05) is 12.1 Å². The standard InChI is InChI=1S/C16H14IN3O6/c1-25-14-7-10(6-13(16(14)22)20(23)24)8-18-19-15(21)9-26-12-4-2-11(17)3-5-12/h2-8,22H,9H2,1H3,(H,19,21)/b18-8-. The number of ether oxygens (including phenoxy) is 2. The number of carbonyl (C=O) groups excluding carboxylic acids is 1. The third-order valence-electron chi connectivity index (χ3n) is 3.08. The number of nitro benzene ring substituents is 1. The van der Waals surface area contributed by atoms with E-state index in [1.54, 1.807) is 12.1 Å². The van der Waals surface area contributed by atoms with Crippen molar-refractivity contribution < 1.29 is 24.3 Å². The van der Waals surface area contributed by atoms with Crippen molar-refractivity contribution in [2.45, 2.75) is 0 Å². The molecule has 2 rings (SSSR count). The van der Waals surface area contributed by atoms with Crippen molar-refractivity contribution in [2.75, 3.05) is 13.7 Å². The molecule has 0 bridgehead atoms. The first-order valence-electron chi connectivity index (χ1n) is 7.16. The third-order valence-corrected chi connectivity index (χ3v) is 3.80. The van der Waals surface area contributed by atoms with Crippen LogP contribution in [0.5, 0.6) is 17.2 Å². The van der Waals surface area contributed by atoms with Gasteiger partial charge in [-0.3, -0.25) is 14.9 Å². The molecule has 0 heterocycles. The van der Waals surface area contributed by atoms with E-state index in [9.17, 15) is 20.0 Å². The molecule has 2 aromatic carbocycles. The number of amides is 1. The Labute approximate surface area is 161 Å². The van der Waals surface area contributed by atoms with Crippen LogP contribution in [0.1, 0.15) is 5.56 Å². The molecule has 0 aliphatic rings. The summed E-state index contributed by atoms with van der Waals surface area (Å²) in [7, 11) is 1.27. The van der Waals surface area contributed by atoms with Gasteiger partial charge in [0.1, 0.15) is 5.75 Å². The molecule has 0 atom stereocenters. The maximum atomic E-state index is 11.7. The summed E-state index contributed by atoms with van der Waals surface area (Å²) in [4.78, 5) is 21.9. The van der Waals surface area contributed by atoms with E-state index < -0.39 is 22.3 Å². The van der Waals surface area contributed by atoms with Gasteiger partial charge in [0.25, 0.3) is 5.91 Å². The Morgan fingerprint density at radius 2 is 2.08 bits per heavy atom. The second-order valence-corrected chi connectivity index (χ2v) is 6.13. The molecule has 0 unspecified atom stereocenters. The lowest BCUT2D eigenvalue weighted by Crippen LogP contribution is -2.24. The summed E-state index contributed by atoms with van der Waals surface area (Å²) < 4.78 is 11.2. The minimum absolute atomic E-state index is 0.0750. The number of rotatable bonds is 7. The van der Waals surface area contributed by atoms with Gasteiger partial charge in [-0.1, -0.05) is 0 Å². The van der Waals surface area contributed by atoms with Gasteiger partial charge < -0.3 is 14.6 Å². The van der Waals surface area contributed by atoms with E-state index in [2.05, 4.69) is 33.1 Å². The van der Waals surface area contributed by atoms with Crippen LogP contribution < -0.4 is 14.9 Å². The fourth-order valence-corrected chi connectivity index (χ4v) is 2.23. The number of phenols is 1. The number of methoxy groups -OCH3 is 1. The number of carbonyl (C=O) groups is 1. The molecule has 0 radical (unpaired) electrons. The summed E-state index contributed by atoms with van der Waals surface area (Å²) in [5.74, 6) is -0.609. The predicted octanol–water partition coefficient (Wildman–Crippen LogP) is 2.44. The highest BCUT2D eigenvalue weighted by Crippen LogP contribution is 2.36. The van der Waals surface area contributed by atoms with Crippen LogP contribution >= 0.6 is 22.6 Å². The highest BCUT2D eigenvalue weighted by Gasteiger charge is 2.19. The maximum absolute atomic E-state index is 11.7. The van der Waals surface area contributed by atoms with Crippen LogP contribution in [0.4, 0.5) is 5.69 Å². The van der Waals surface area contributed by atoms with Crippen LogP contribution in [0.2, 0.25) is 0 Å². The molecule has 2 aromatic rings. The van der Waals surface area contributed by atoms with E-state index in [1.165, 1.54) is 19.4 Å². The van der Waals surface area contributed by atoms with Gasteiger partial charge >= 0.3 is 5.69 Å². The quantitative estimate of drug-likeness (QED) is 0.277. The van der Waals surface area contributed by atoms with Crippen molar-refractivity contribution >= 4 is 40.4 Å². The summed E-state index contributed by atoms with van der Waals surface area (Å²) in [5, 5.41) is 24.3. The Morgan fingerprint density at radius 3 is 2.69 bits per heavy atom. The average molecular weight is 471 g/mol. The van der Waals surface area contributed by atoms with E-state index in [4.69, 9.17) is 9.47 Å². The van der Waals surface area contributed by atoms with E-state index >= 15 is 0 Å². The van der Waals surface area contributed by atoms with Gasteiger partial charge in [0, 0.05) is 15.2 Å². The summed E-state index contributed by atoms with van der Waals surface area (Å²) in [6.45, 7) is -0.239. The first kappa shape index (κ1) is 19.4. The summed E-state index contributed by atoms with van der Waals surface area (Å²) in [6.07, 6.45) is 1.19. The number of benzene rings is 2. The number of halogens is 1. The molecular formula is C16H14IN3O6. The fraction of sp³-hybridized carbons (Fsp3) is 0.125. The van der Waals surface area contributed by atoms with Crippen molar-refractivity contribution in [3.05, 3.63) is 55.6 Å². The van der Waals surface area contributed by atoms with Crippen molar-refractivity contribution in [3.8, 4) is 17.2 Å². The van der Waals surface area contributed by atoms with E-state index in [0.717, 1.165) is 9.64 Å². The van der Waals surface area contributed by atoms with Gasteiger partial charge in [-0.05, 0) is 52.9 Å². The average Bonchev–Trinajstić information content (AvgIpc) is 2.62. The van der Waals surface area contributed by atoms with Crippen molar-refractivity contribution in [1.82, 2.24) is 5.43 Å². The SMILES string of the molecule is COc1cc(/C=N\NC(=O)COc2ccc(I)cc2)cc([N+](=O)[O-])c1O. The van der Waals surface area contributed by atoms with E-state index in [-0.39, 0.29) is 17.9 Å². The minimum Gasteiger partial charge on any atom is -0.500 e. The monoisotopic (exact) mass is 471 g/mol. The molecule has 0 saturated carbocycles. The zero-order valence-corrected chi connectivity index (χ0v) is 15.7. The number of hydrazone groups is 1. The summed E-state index contributed by atoms with van der Waals surface area (Å²) in [5.41, 5.74) is 1.98.